The van der Waals surface area contributed by atoms with Crippen molar-refractivity contribution in [2.24, 2.45) is 0 Å². The second-order valence-electron chi connectivity index (χ2n) is 4.80. The Bertz CT molecular complexity index is 695. The van der Waals surface area contributed by atoms with E-state index in [2.05, 4.69) is 15.6 Å². The van der Waals surface area contributed by atoms with Crippen molar-refractivity contribution in [2.45, 2.75) is 13.8 Å². The number of nitrogens with zero attached hydrogens (tertiary/aromatic N) is 2. The van der Waals surface area contributed by atoms with Crippen LogP contribution in [0.1, 0.15) is 11.1 Å². The largest absolute Gasteiger partial charge is 0.355 e. The number of aryl methyl sites for hydroxylation is 2. The molecule has 0 radical (unpaired) electrons. The lowest BCUT2D eigenvalue weighted by Crippen LogP contribution is -2.23. The highest BCUT2D eigenvalue weighted by molar-refractivity contribution is 5.95. The minimum Gasteiger partial charge on any atom is -0.355 e. The zero-order chi connectivity index (χ0) is 16.1. The van der Waals surface area contributed by atoms with Crippen LogP contribution >= 0.6 is 0 Å². The van der Waals surface area contributed by atoms with E-state index in [0.717, 1.165) is 16.8 Å². The highest BCUT2D eigenvalue weighted by Gasteiger charge is 2.15. The standard InChI is InChI=1S/C15H16N4O3/c1-10-5-3-6-11(2)14(10)18-13(20)9-17-15-12(19(21)22)7-4-8-16-15/h3-8H,9H2,1-2H3,(H,16,17)(H,18,20). The zero-order valence-electron chi connectivity index (χ0n) is 12.3. The first-order chi connectivity index (χ1) is 10.5. The number of anilines is 2. The van der Waals surface area contributed by atoms with Crippen molar-refractivity contribution in [1.82, 2.24) is 4.98 Å². The lowest BCUT2D eigenvalue weighted by molar-refractivity contribution is -0.384. The second kappa shape index (κ2) is 6.66. The van der Waals surface area contributed by atoms with E-state index in [-0.39, 0.29) is 24.0 Å². The van der Waals surface area contributed by atoms with Gasteiger partial charge in [0.1, 0.15) is 0 Å². The molecule has 0 aliphatic carbocycles. The first kappa shape index (κ1) is 15.4. The van der Waals surface area contributed by atoms with E-state index in [1.54, 1.807) is 0 Å². The molecule has 1 amide bonds. The molecule has 0 fully saturated rings. The van der Waals surface area contributed by atoms with Crippen LogP contribution in [-0.2, 0) is 4.79 Å². The van der Waals surface area contributed by atoms with Crippen molar-refractivity contribution >= 4 is 23.1 Å². The maximum atomic E-state index is 12.0. The van der Waals surface area contributed by atoms with Gasteiger partial charge < -0.3 is 10.6 Å². The smallest absolute Gasteiger partial charge is 0.311 e. The maximum absolute atomic E-state index is 12.0. The minimum absolute atomic E-state index is 0.0733. The molecule has 1 heterocycles. The normalized spacial score (nSPS) is 10.1. The van der Waals surface area contributed by atoms with E-state index in [0.29, 0.717) is 0 Å². The number of carbonyl (C=O) groups excluding carboxylic acids is 1. The van der Waals surface area contributed by atoms with Gasteiger partial charge in [0.25, 0.3) is 0 Å². The number of hydrogen-bond donors (Lipinski definition) is 2. The Kier molecular flexibility index (Phi) is 4.67. The van der Waals surface area contributed by atoms with Crippen LogP contribution < -0.4 is 10.6 Å². The molecule has 0 atom stereocenters. The first-order valence-electron chi connectivity index (χ1n) is 6.68. The number of aromatic nitrogens is 1. The number of nitro groups is 1. The number of benzene rings is 1. The fraction of sp³-hybridized carbons (Fsp3) is 0.200. The Morgan fingerprint density at radius 1 is 1.23 bits per heavy atom. The van der Waals surface area contributed by atoms with Crippen LogP contribution in [0.4, 0.5) is 17.2 Å². The van der Waals surface area contributed by atoms with Gasteiger partial charge in [0.15, 0.2) is 0 Å². The molecule has 0 aliphatic heterocycles. The summed E-state index contributed by atoms with van der Waals surface area (Å²) in [7, 11) is 0. The van der Waals surface area contributed by atoms with Crippen molar-refractivity contribution in [3.8, 4) is 0 Å². The molecule has 1 aromatic heterocycles. The molecular formula is C15H16N4O3. The number of amides is 1. The summed E-state index contributed by atoms with van der Waals surface area (Å²) in [5.41, 5.74) is 2.50. The SMILES string of the molecule is Cc1cccc(C)c1NC(=O)CNc1ncccc1[N+](=O)[O-]. The lowest BCUT2D eigenvalue weighted by Gasteiger charge is -2.12. The zero-order valence-corrected chi connectivity index (χ0v) is 12.3. The van der Waals surface area contributed by atoms with Gasteiger partial charge in [-0.3, -0.25) is 14.9 Å². The van der Waals surface area contributed by atoms with Gasteiger partial charge in [0.05, 0.1) is 11.5 Å². The Morgan fingerprint density at radius 2 is 1.91 bits per heavy atom. The third-order valence-corrected chi connectivity index (χ3v) is 3.15. The predicted molar refractivity (Wildman–Crippen MR) is 83.9 cm³/mol. The number of para-hydroxylation sites is 1. The molecule has 0 unspecified atom stereocenters. The molecule has 1 aromatic carbocycles. The van der Waals surface area contributed by atoms with E-state index in [1.807, 2.05) is 32.0 Å². The minimum atomic E-state index is -0.543. The van der Waals surface area contributed by atoms with Crippen molar-refractivity contribution in [1.29, 1.82) is 0 Å². The van der Waals surface area contributed by atoms with Gasteiger partial charge in [-0.05, 0) is 31.0 Å². The highest BCUT2D eigenvalue weighted by Crippen LogP contribution is 2.21. The summed E-state index contributed by atoms with van der Waals surface area (Å²) in [6.07, 6.45) is 1.43. The van der Waals surface area contributed by atoms with E-state index in [1.165, 1.54) is 18.3 Å². The summed E-state index contributed by atoms with van der Waals surface area (Å²) in [6, 6.07) is 8.52. The van der Waals surface area contributed by atoms with E-state index in [9.17, 15) is 14.9 Å². The van der Waals surface area contributed by atoms with Crippen molar-refractivity contribution < 1.29 is 9.72 Å². The van der Waals surface area contributed by atoms with Gasteiger partial charge in [-0.1, -0.05) is 18.2 Å². The highest BCUT2D eigenvalue weighted by atomic mass is 16.6. The Labute approximate surface area is 127 Å². The van der Waals surface area contributed by atoms with E-state index in [4.69, 9.17) is 0 Å². The molecule has 0 aliphatic rings. The monoisotopic (exact) mass is 300 g/mol. The van der Waals surface area contributed by atoms with Gasteiger partial charge in [-0.15, -0.1) is 0 Å². The van der Waals surface area contributed by atoms with Crippen LogP contribution in [-0.4, -0.2) is 22.4 Å². The van der Waals surface area contributed by atoms with Crippen LogP contribution in [0, 0.1) is 24.0 Å². The van der Waals surface area contributed by atoms with Crippen LogP contribution in [0.15, 0.2) is 36.5 Å². The van der Waals surface area contributed by atoms with Gasteiger partial charge in [-0.25, -0.2) is 4.98 Å². The van der Waals surface area contributed by atoms with Gasteiger partial charge >= 0.3 is 5.69 Å². The number of pyridine rings is 1. The fourth-order valence-electron chi connectivity index (χ4n) is 2.04. The molecule has 0 saturated carbocycles. The maximum Gasteiger partial charge on any atom is 0.311 e. The Balaban J connectivity index is 2.04. The summed E-state index contributed by atoms with van der Waals surface area (Å²) in [6.45, 7) is 3.70. The molecule has 7 nitrogen and oxygen atoms in total. The van der Waals surface area contributed by atoms with Crippen molar-refractivity contribution in [2.75, 3.05) is 17.2 Å². The Hall–Kier alpha value is -2.96. The first-order valence-corrected chi connectivity index (χ1v) is 6.68. The average molecular weight is 300 g/mol. The topological polar surface area (TPSA) is 97.2 Å². The molecular weight excluding hydrogens is 284 g/mol. The predicted octanol–water partition coefficient (Wildman–Crippen LogP) is 2.66. The number of rotatable bonds is 5. The molecule has 0 bridgehead atoms. The van der Waals surface area contributed by atoms with Crippen molar-refractivity contribution in [3.63, 3.8) is 0 Å². The van der Waals surface area contributed by atoms with E-state index >= 15 is 0 Å². The third-order valence-electron chi connectivity index (χ3n) is 3.15. The average Bonchev–Trinajstić information content (AvgIpc) is 2.49. The molecule has 0 spiro atoms. The third kappa shape index (κ3) is 3.57. The van der Waals surface area contributed by atoms with Crippen LogP contribution in [0.5, 0.6) is 0 Å². The Morgan fingerprint density at radius 3 is 2.55 bits per heavy atom. The molecule has 114 valence electrons. The lowest BCUT2D eigenvalue weighted by atomic mass is 10.1. The van der Waals surface area contributed by atoms with Crippen LogP contribution in [0.25, 0.3) is 0 Å². The van der Waals surface area contributed by atoms with Gasteiger partial charge in [0.2, 0.25) is 11.7 Å². The quantitative estimate of drug-likeness (QED) is 0.653. The summed E-state index contributed by atoms with van der Waals surface area (Å²) >= 11 is 0. The number of nitrogens with one attached hydrogen (secondary N) is 2. The molecule has 7 heteroatoms. The van der Waals surface area contributed by atoms with Crippen LogP contribution in [0.3, 0.4) is 0 Å². The van der Waals surface area contributed by atoms with Crippen LogP contribution in [0.2, 0.25) is 0 Å². The fourth-order valence-corrected chi connectivity index (χ4v) is 2.04. The summed E-state index contributed by atoms with van der Waals surface area (Å²) < 4.78 is 0. The van der Waals surface area contributed by atoms with Gasteiger partial charge in [-0.2, -0.15) is 0 Å². The molecule has 2 aromatic rings. The molecule has 22 heavy (non-hydrogen) atoms. The summed E-state index contributed by atoms with van der Waals surface area (Å²) in [5.74, 6) is -0.221. The molecule has 2 N–H and O–H groups in total. The number of hydrogen-bond acceptors (Lipinski definition) is 5. The van der Waals surface area contributed by atoms with Crippen molar-refractivity contribution in [3.05, 3.63) is 57.8 Å². The van der Waals surface area contributed by atoms with E-state index < -0.39 is 4.92 Å². The van der Waals surface area contributed by atoms with Gasteiger partial charge in [0, 0.05) is 18.0 Å². The summed E-state index contributed by atoms with van der Waals surface area (Å²) in [4.78, 5) is 26.2. The molecule has 0 saturated heterocycles. The second-order valence-corrected chi connectivity index (χ2v) is 4.80. The molecule has 2 rings (SSSR count). The summed E-state index contributed by atoms with van der Waals surface area (Å²) in [5, 5.41) is 16.4. The number of carbonyl (C=O) groups is 1.